The Morgan fingerprint density at radius 3 is 2.35 bits per heavy atom. The third-order valence-corrected chi connectivity index (χ3v) is 4.10. The van der Waals surface area contributed by atoms with E-state index in [1.165, 1.54) is 31.2 Å². The normalized spacial score (nSPS) is 24.5. The summed E-state index contributed by atoms with van der Waals surface area (Å²) < 4.78 is 0. The Balaban J connectivity index is 1.95. The van der Waals surface area contributed by atoms with E-state index in [-0.39, 0.29) is 0 Å². The average molecular weight is 228 g/mol. The first-order chi connectivity index (χ1) is 8.29. The van der Waals surface area contributed by atoms with E-state index in [4.69, 9.17) is 0 Å². The van der Waals surface area contributed by atoms with Gasteiger partial charge in [0.2, 0.25) is 0 Å². The fourth-order valence-electron chi connectivity index (χ4n) is 2.82. The number of aryl methyl sites for hydroxylation is 1. The van der Waals surface area contributed by atoms with Crippen LogP contribution in [0.1, 0.15) is 56.1 Å². The Labute approximate surface area is 106 Å². The predicted octanol–water partition coefficient (Wildman–Crippen LogP) is 5.10. The minimum absolute atomic E-state index is 0.819. The van der Waals surface area contributed by atoms with Crippen molar-refractivity contribution in [2.75, 3.05) is 0 Å². The van der Waals surface area contributed by atoms with Crippen LogP contribution in [0, 0.1) is 5.92 Å². The van der Waals surface area contributed by atoms with E-state index in [1.54, 1.807) is 5.56 Å². The summed E-state index contributed by atoms with van der Waals surface area (Å²) in [4.78, 5) is 0. The van der Waals surface area contributed by atoms with Crippen LogP contribution in [0.5, 0.6) is 0 Å². The molecule has 0 aliphatic heterocycles. The molecule has 0 nitrogen and oxygen atoms in total. The quantitative estimate of drug-likeness (QED) is 0.629. The lowest BCUT2D eigenvalue weighted by Crippen LogP contribution is -2.10. The summed E-state index contributed by atoms with van der Waals surface area (Å²) in [6.07, 6.45) is 9.79. The average Bonchev–Trinajstić information content (AvgIpc) is 2.38. The van der Waals surface area contributed by atoms with Gasteiger partial charge in [-0.15, -0.1) is 6.58 Å². The van der Waals surface area contributed by atoms with Crippen LogP contribution < -0.4 is 0 Å². The van der Waals surface area contributed by atoms with Crippen LogP contribution in [0.15, 0.2) is 36.9 Å². The Bertz CT molecular complexity index is 339. The van der Waals surface area contributed by atoms with E-state index in [1.807, 2.05) is 6.08 Å². The third kappa shape index (κ3) is 3.46. The smallest absolute Gasteiger partial charge is 0.0162 e. The first kappa shape index (κ1) is 12.4. The summed E-state index contributed by atoms with van der Waals surface area (Å²) in [7, 11) is 0. The monoisotopic (exact) mass is 228 g/mol. The van der Waals surface area contributed by atoms with Gasteiger partial charge in [-0.1, -0.05) is 50.1 Å². The summed E-state index contributed by atoms with van der Waals surface area (Å²) >= 11 is 0. The van der Waals surface area contributed by atoms with Crippen molar-refractivity contribution in [3.63, 3.8) is 0 Å². The van der Waals surface area contributed by atoms with E-state index in [0.29, 0.717) is 0 Å². The molecule has 0 bridgehead atoms. The van der Waals surface area contributed by atoms with Crippen molar-refractivity contribution in [3.8, 4) is 0 Å². The SMILES string of the molecule is C=CCCc1ccc(C2CCC(C)CC2)cc1. The maximum Gasteiger partial charge on any atom is -0.0162 e. The van der Waals surface area contributed by atoms with Crippen LogP contribution in [-0.4, -0.2) is 0 Å². The van der Waals surface area contributed by atoms with Gasteiger partial charge in [-0.3, -0.25) is 0 Å². The summed E-state index contributed by atoms with van der Waals surface area (Å²) in [5.41, 5.74) is 3.00. The summed E-state index contributed by atoms with van der Waals surface area (Å²) in [5.74, 6) is 1.76. The lowest BCUT2D eigenvalue weighted by Gasteiger charge is -2.26. The van der Waals surface area contributed by atoms with Crippen molar-refractivity contribution >= 4 is 0 Å². The first-order valence-corrected chi connectivity index (χ1v) is 6.99. The zero-order valence-corrected chi connectivity index (χ0v) is 11.0. The molecule has 0 heteroatoms. The molecule has 0 unspecified atom stereocenters. The molecule has 92 valence electrons. The maximum absolute atomic E-state index is 3.77. The van der Waals surface area contributed by atoms with Gasteiger partial charge >= 0.3 is 0 Å². The minimum Gasteiger partial charge on any atom is -0.103 e. The van der Waals surface area contributed by atoms with Crippen LogP contribution >= 0.6 is 0 Å². The number of benzene rings is 1. The maximum atomic E-state index is 3.77. The Morgan fingerprint density at radius 2 is 1.76 bits per heavy atom. The molecule has 2 rings (SSSR count). The van der Waals surface area contributed by atoms with Gasteiger partial charge < -0.3 is 0 Å². The van der Waals surface area contributed by atoms with E-state index >= 15 is 0 Å². The molecule has 1 aliphatic carbocycles. The molecular formula is C17H24. The highest BCUT2D eigenvalue weighted by molar-refractivity contribution is 5.26. The van der Waals surface area contributed by atoms with Gasteiger partial charge in [-0.05, 0) is 48.6 Å². The van der Waals surface area contributed by atoms with Gasteiger partial charge in [0.15, 0.2) is 0 Å². The second kappa shape index (κ2) is 6.05. The molecule has 0 atom stereocenters. The van der Waals surface area contributed by atoms with Crippen LogP contribution in [0.25, 0.3) is 0 Å². The van der Waals surface area contributed by atoms with Crippen LogP contribution in [-0.2, 0) is 6.42 Å². The van der Waals surface area contributed by atoms with Gasteiger partial charge in [0.25, 0.3) is 0 Å². The molecule has 1 aromatic carbocycles. The lowest BCUT2D eigenvalue weighted by atomic mass is 9.79. The first-order valence-electron chi connectivity index (χ1n) is 6.99. The highest BCUT2D eigenvalue weighted by atomic mass is 14.2. The number of hydrogen-bond acceptors (Lipinski definition) is 0. The Kier molecular flexibility index (Phi) is 4.42. The summed E-state index contributed by atoms with van der Waals surface area (Å²) in [6, 6.07) is 9.30. The molecule has 17 heavy (non-hydrogen) atoms. The summed E-state index contributed by atoms with van der Waals surface area (Å²) in [6.45, 7) is 6.16. The van der Waals surface area contributed by atoms with Gasteiger partial charge in [0.1, 0.15) is 0 Å². The third-order valence-electron chi connectivity index (χ3n) is 4.10. The molecule has 0 amide bonds. The fourth-order valence-corrected chi connectivity index (χ4v) is 2.82. The number of rotatable bonds is 4. The molecule has 0 spiro atoms. The largest absolute Gasteiger partial charge is 0.103 e. The zero-order chi connectivity index (χ0) is 12.1. The number of allylic oxidation sites excluding steroid dienone is 1. The predicted molar refractivity (Wildman–Crippen MR) is 75.3 cm³/mol. The van der Waals surface area contributed by atoms with Gasteiger partial charge in [-0.25, -0.2) is 0 Å². The fraction of sp³-hybridized carbons (Fsp3) is 0.529. The number of hydrogen-bond donors (Lipinski definition) is 0. The molecule has 1 fully saturated rings. The molecule has 0 N–H and O–H groups in total. The second-order valence-corrected chi connectivity index (χ2v) is 5.53. The lowest BCUT2D eigenvalue weighted by molar-refractivity contribution is 0.348. The Morgan fingerprint density at radius 1 is 1.12 bits per heavy atom. The molecule has 0 radical (unpaired) electrons. The van der Waals surface area contributed by atoms with E-state index in [9.17, 15) is 0 Å². The minimum atomic E-state index is 0.819. The molecule has 1 saturated carbocycles. The van der Waals surface area contributed by atoms with E-state index in [2.05, 4.69) is 37.8 Å². The van der Waals surface area contributed by atoms with Crippen molar-refractivity contribution in [2.45, 2.75) is 51.4 Å². The van der Waals surface area contributed by atoms with Gasteiger partial charge in [0.05, 0.1) is 0 Å². The molecular weight excluding hydrogens is 204 g/mol. The highest BCUT2D eigenvalue weighted by Gasteiger charge is 2.19. The highest BCUT2D eigenvalue weighted by Crippen LogP contribution is 2.35. The Hall–Kier alpha value is -1.04. The summed E-state index contributed by atoms with van der Waals surface area (Å²) in [5, 5.41) is 0. The van der Waals surface area contributed by atoms with Crippen molar-refractivity contribution < 1.29 is 0 Å². The topological polar surface area (TPSA) is 0 Å². The molecule has 0 aromatic heterocycles. The van der Waals surface area contributed by atoms with Gasteiger partial charge in [-0.2, -0.15) is 0 Å². The van der Waals surface area contributed by atoms with Crippen molar-refractivity contribution in [1.29, 1.82) is 0 Å². The molecule has 0 heterocycles. The van der Waals surface area contributed by atoms with Crippen molar-refractivity contribution in [2.24, 2.45) is 5.92 Å². The molecule has 1 aromatic rings. The van der Waals surface area contributed by atoms with Crippen LogP contribution in [0.4, 0.5) is 0 Å². The zero-order valence-electron chi connectivity index (χ0n) is 11.0. The standard InChI is InChI=1S/C17H24/c1-3-4-5-15-8-12-17(13-9-15)16-10-6-14(2)7-11-16/h3,8-9,12-14,16H,1,4-7,10-11H2,2H3. The second-order valence-electron chi connectivity index (χ2n) is 5.53. The van der Waals surface area contributed by atoms with Gasteiger partial charge in [0, 0.05) is 0 Å². The van der Waals surface area contributed by atoms with Crippen LogP contribution in [0.2, 0.25) is 0 Å². The van der Waals surface area contributed by atoms with Crippen molar-refractivity contribution in [3.05, 3.63) is 48.0 Å². The van der Waals surface area contributed by atoms with E-state index in [0.717, 1.165) is 24.7 Å². The van der Waals surface area contributed by atoms with E-state index < -0.39 is 0 Å². The van der Waals surface area contributed by atoms with Crippen molar-refractivity contribution in [1.82, 2.24) is 0 Å². The molecule has 0 saturated heterocycles. The molecule has 1 aliphatic rings. The van der Waals surface area contributed by atoms with Crippen LogP contribution in [0.3, 0.4) is 0 Å².